The predicted octanol–water partition coefficient (Wildman–Crippen LogP) is 3.85. The van der Waals surface area contributed by atoms with E-state index in [0.29, 0.717) is 6.04 Å². The van der Waals surface area contributed by atoms with E-state index in [0.717, 1.165) is 28.9 Å². The van der Waals surface area contributed by atoms with Gasteiger partial charge < -0.3 is 5.32 Å². The number of thioether (sulfide) groups is 1. The zero-order valence-corrected chi connectivity index (χ0v) is 13.9. The highest BCUT2D eigenvalue weighted by Gasteiger charge is 2.12. The van der Waals surface area contributed by atoms with E-state index in [9.17, 15) is 0 Å². The van der Waals surface area contributed by atoms with Crippen molar-refractivity contribution >= 4 is 23.3 Å². The van der Waals surface area contributed by atoms with Crippen LogP contribution in [0.1, 0.15) is 36.8 Å². The summed E-state index contributed by atoms with van der Waals surface area (Å²) in [4.78, 5) is 4.41. The Morgan fingerprint density at radius 3 is 2.55 bits per heavy atom. The van der Waals surface area contributed by atoms with Crippen molar-refractivity contribution in [3.05, 3.63) is 41.2 Å². The molecule has 20 heavy (non-hydrogen) atoms. The van der Waals surface area contributed by atoms with Gasteiger partial charge in [0.15, 0.2) is 4.34 Å². The predicted molar refractivity (Wildman–Crippen MR) is 87.6 cm³/mol. The smallest absolute Gasteiger partial charge is 0.170 e. The summed E-state index contributed by atoms with van der Waals surface area (Å²) >= 11 is 3.26. The van der Waals surface area contributed by atoms with Crippen LogP contribution in [0.2, 0.25) is 0 Å². The molecule has 0 saturated heterocycles. The number of nitrogens with zero attached hydrogens (tertiary/aromatic N) is 2. The Kier molecular flexibility index (Phi) is 6.01. The molecule has 1 atom stereocenters. The summed E-state index contributed by atoms with van der Waals surface area (Å²) in [6, 6.07) is 9.27. The van der Waals surface area contributed by atoms with Gasteiger partial charge in [-0.05, 0) is 42.5 Å². The van der Waals surface area contributed by atoms with Crippen molar-refractivity contribution in [3.8, 4) is 0 Å². The number of aryl methyl sites for hydroxylation is 2. The van der Waals surface area contributed by atoms with Crippen molar-refractivity contribution in [2.75, 3.05) is 12.3 Å². The van der Waals surface area contributed by atoms with Crippen LogP contribution in [0, 0.1) is 6.92 Å². The molecule has 0 saturated carbocycles. The van der Waals surface area contributed by atoms with E-state index in [-0.39, 0.29) is 0 Å². The Hall–Kier alpha value is -0.910. The summed E-state index contributed by atoms with van der Waals surface area (Å²) in [5.41, 5.74) is 2.73. The molecule has 0 aliphatic rings. The average Bonchev–Trinajstić information content (AvgIpc) is 2.89. The minimum Gasteiger partial charge on any atom is -0.309 e. The second kappa shape index (κ2) is 7.76. The molecule has 1 N–H and O–H groups in total. The number of hydrogen-bond acceptors (Lipinski definition) is 5. The van der Waals surface area contributed by atoms with Gasteiger partial charge in [-0.3, -0.25) is 0 Å². The van der Waals surface area contributed by atoms with Crippen LogP contribution in [0.15, 0.2) is 28.6 Å². The van der Waals surface area contributed by atoms with E-state index in [4.69, 9.17) is 0 Å². The number of nitrogens with one attached hydrogen (secondary N) is 1. The standard InChI is InChI=1S/C15H21N3S2/c1-4-12-6-8-13(9-7-12)14(16-5-2)10-19-15-17-11(3)18-20-15/h6-9,14,16H,4-5,10H2,1-3H3. The van der Waals surface area contributed by atoms with Gasteiger partial charge >= 0.3 is 0 Å². The van der Waals surface area contributed by atoms with Crippen LogP contribution in [-0.4, -0.2) is 21.7 Å². The summed E-state index contributed by atoms with van der Waals surface area (Å²) in [6.07, 6.45) is 1.09. The third kappa shape index (κ3) is 4.30. The third-order valence-corrected chi connectivity index (χ3v) is 5.14. The molecule has 0 spiro atoms. The van der Waals surface area contributed by atoms with E-state index in [1.165, 1.54) is 22.7 Å². The second-order valence-corrected chi connectivity index (χ2v) is 6.64. The summed E-state index contributed by atoms with van der Waals surface area (Å²) in [5.74, 6) is 1.85. The highest BCUT2D eigenvalue weighted by atomic mass is 32.2. The molecule has 1 unspecified atom stereocenters. The van der Waals surface area contributed by atoms with Crippen LogP contribution in [0.4, 0.5) is 0 Å². The van der Waals surface area contributed by atoms with Gasteiger partial charge in [-0.2, -0.15) is 4.37 Å². The fourth-order valence-electron chi connectivity index (χ4n) is 2.00. The normalized spacial score (nSPS) is 12.6. The van der Waals surface area contributed by atoms with Crippen LogP contribution >= 0.6 is 23.3 Å². The Labute approximate surface area is 129 Å². The number of benzene rings is 1. The maximum absolute atomic E-state index is 4.41. The Balaban J connectivity index is 2.01. The van der Waals surface area contributed by atoms with E-state index in [1.54, 1.807) is 11.8 Å². The zero-order chi connectivity index (χ0) is 14.4. The molecule has 1 aromatic heterocycles. The zero-order valence-electron chi connectivity index (χ0n) is 12.2. The molecule has 0 radical (unpaired) electrons. The van der Waals surface area contributed by atoms with Gasteiger partial charge in [-0.1, -0.05) is 49.9 Å². The minimum atomic E-state index is 0.361. The maximum atomic E-state index is 4.41. The summed E-state index contributed by atoms with van der Waals surface area (Å²) in [6.45, 7) is 7.24. The molecule has 2 aromatic rings. The van der Waals surface area contributed by atoms with Gasteiger partial charge in [0, 0.05) is 11.8 Å². The lowest BCUT2D eigenvalue weighted by Gasteiger charge is -2.17. The van der Waals surface area contributed by atoms with Gasteiger partial charge in [0.25, 0.3) is 0 Å². The van der Waals surface area contributed by atoms with Crippen molar-refractivity contribution < 1.29 is 0 Å². The number of hydrogen-bond donors (Lipinski definition) is 1. The lowest BCUT2D eigenvalue weighted by molar-refractivity contribution is 0.606. The molecule has 5 heteroatoms. The highest BCUT2D eigenvalue weighted by molar-refractivity contribution is 8.00. The van der Waals surface area contributed by atoms with Gasteiger partial charge in [-0.15, -0.1) is 0 Å². The summed E-state index contributed by atoms with van der Waals surface area (Å²) in [7, 11) is 0. The van der Waals surface area contributed by atoms with Crippen LogP contribution < -0.4 is 5.32 Å². The minimum absolute atomic E-state index is 0.361. The largest absolute Gasteiger partial charge is 0.309 e. The molecule has 0 aliphatic carbocycles. The van der Waals surface area contributed by atoms with Gasteiger partial charge in [0.05, 0.1) is 0 Å². The number of rotatable bonds is 7. The second-order valence-electron chi connectivity index (χ2n) is 4.62. The average molecular weight is 307 g/mol. The van der Waals surface area contributed by atoms with Crippen LogP contribution in [0.5, 0.6) is 0 Å². The fraction of sp³-hybridized carbons (Fsp3) is 0.467. The van der Waals surface area contributed by atoms with Crippen molar-refractivity contribution in [3.63, 3.8) is 0 Å². The van der Waals surface area contributed by atoms with E-state index in [2.05, 4.69) is 52.8 Å². The van der Waals surface area contributed by atoms with Crippen LogP contribution in [0.3, 0.4) is 0 Å². The van der Waals surface area contributed by atoms with E-state index < -0.39 is 0 Å². The Bertz CT molecular complexity index is 522. The fourth-order valence-corrected chi connectivity index (χ4v) is 3.76. The molecule has 108 valence electrons. The number of aromatic nitrogens is 2. The molecule has 1 aromatic carbocycles. The lowest BCUT2D eigenvalue weighted by atomic mass is 10.1. The van der Waals surface area contributed by atoms with Crippen molar-refractivity contribution in [1.82, 2.24) is 14.7 Å². The monoisotopic (exact) mass is 307 g/mol. The van der Waals surface area contributed by atoms with Crippen molar-refractivity contribution in [2.45, 2.75) is 37.6 Å². The molecule has 2 rings (SSSR count). The Morgan fingerprint density at radius 1 is 1.25 bits per heavy atom. The van der Waals surface area contributed by atoms with Crippen LogP contribution in [0.25, 0.3) is 0 Å². The van der Waals surface area contributed by atoms with Gasteiger partial charge in [0.2, 0.25) is 0 Å². The van der Waals surface area contributed by atoms with Crippen molar-refractivity contribution in [2.24, 2.45) is 0 Å². The molecule has 0 fully saturated rings. The molecular formula is C15H21N3S2. The van der Waals surface area contributed by atoms with Gasteiger partial charge in [-0.25, -0.2) is 4.98 Å². The highest BCUT2D eigenvalue weighted by Crippen LogP contribution is 2.26. The molecular weight excluding hydrogens is 286 g/mol. The Morgan fingerprint density at radius 2 is 2.00 bits per heavy atom. The quantitative estimate of drug-likeness (QED) is 0.788. The molecule has 0 bridgehead atoms. The third-order valence-electron chi connectivity index (χ3n) is 3.12. The first-order chi connectivity index (χ1) is 9.72. The molecule has 3 nitrogen and oxygen atoms in total. The topological polar surface area (TPSA) is 37.8 Å². The molecule has 0 aliphatic heterocycles. The summed E-state index contributed by atoms with van der Waals surface area (Å²) < 4.78 is 5.28. The van der Waals surface area contributed by atoms with Crippen molar-refractivity contribution in [1.29, 1.82) is 0 Å². The first kappa shape index (κ1) is 15.5. The first-order valence-corrected chi connectivity index (χ1v) is 8.74. The summed E-state index contributed by atoms with van der Waals surface area (Å²) in [5, 5.41) is 3.55. The first-order valence-electron chi connectivity index (χ1n) is 6.98. The maximum Gasteiger partial charge on any atom is 0.170 e. The van der Waals surface area contributed by atoms with Crippen LogP contribution in [-0.2, 0) is 6.42 Å². The van der Waals surface area contributed by atoms with Gasteiger partial charge in [0.1, 0.15) is 5.82 Å². The SMILES string of the molecule is CCNC(CSc1nc(C)ns1)c1ccc(CC)cc1. The molecule has 1 heterocycles. The van der Waals surface area contributed by atoms with E-state index >= 15 is 0 Å². The molecule has 0 amide bonds. The lowest BCUT2D eigenvalue weighted by Crippen LogP contribution is -2.22. The van der Waals surface area contributed by atoms with E-state index in [1.807, 2.05) is 6.92 Å².